The summed E-state index contributed by atoms with van der Waals surface area (Å²) >= 11 is 0. The molecule has 0 aliphatic carbocycles. The maximum atomic E-state index is 12.3. The van der Waals surface area contributed by atoms with Crippen LogP contribution < -0.4 is 4.72 Å². The SMILES string of the molecule is Cc1ccc(C#CCO)cc1NS(=O)(=O)c1cnn(C)c1. The highest BCUT2D eigenvalue weighted by atomic mass is 32.2. The molecule has 0 aliphatic heterocycles. The van der Waals surface area contributed by atoms with Crippen LogP contribution >= 0.6 is 0 Å². The summed E-state index contributed by atoms with van der Waals surface area (Å²) in [4.78, 5) is 0.0937. The van der Waals surface area contributed by atoms with Crippen molar-refractivity contribution >= 4 is 15.7 Å². The molecule has 1 heterocycles. The van der Waals surface area contributed by atoms with Gasteiger partial charge in [0, 0.05) is 18.8 Å². The van der Waals surface area contributed by atoms with E-state index in [2.05, 4.69) is 21.7 Å². The molecule has 1 aromatic heterocycles. The minimum absolute atomic E-state index is 0.0937. The van der Waals surface area contributed by atoms with Crippen LogP contribution in [0.4, 0.5) is 5.69 Å². The number of rotatable bonds is 3. The summed E-state index contributed by atoms with van der Waals surface area (Å²) in [7, 11) is -2.03. The molecule has 0 saturated carbocycles. The lowest BCUT2D eigenvalue weighted by molar-refractivity contribution is 0.350. The minimum atomic E-state index is -3.68. The predicted octanol–water partition coefficient (Wildman–Crippen LogP) is 0.873. The van der Waals surface area contributed by atoms with Gasteiger partial charge in [-0.2, -0.15) is 5.10 Å². The molecule has 110 valence electrons. The van der Waals surface area contributed by atoms with E-state index in [1.165, 1.54) is 17.1 Å². The first kappa shape index (κ1) is 15.1. The number of aromatic nitrogens is 2. The summed E-state index contributed by atoms with van der Waals surface area (Å²) in [6.07, 6.45) is 2.71. The van der Waals surface area contributed by atoms with E-state index in [1.807, 2.05) is 0 Å². The van der Waals surface area contributed by atoms with Crippen molar-refractivity contribution in [1.29, 1.82) is 0 Å². The van der Waals surface area contributed by atoms with Gasteiger partial charge in [0.05, 0.1) is 11.9 Å². The van der Waals surface area contributed by atoms with Crippen molar-refractivity contribution in [3.8, 4) is 11.8 Å². The first-order valence-electron chi connectivity index (χ1n) is 6.14. The van der Waals surface area contributed by atoms with Crippen molar-refractivity contribution in [3.63, 3.8) is 0 Å². The van der Waals surface area contributed by atoms with E-state index in [-0.39, 0.29) is 11.5 Å². The monoisotopic (exact) mass is 305 g/mol. The molecule has 0 atom stereocenters. The van der Waals surface area contributed by atoms with E-state index in [4.69, 9.17) is 5.11 Å². The van der Waals surface area contributed by atoms with Crippen molar-refractivity contribution in [1.82, 2.24) is 9.78 Å². The van der Waals surface area contributed by atoms with Gasteiger partial charge in [0.15, 0.2) is 0 Å². The van der Waals surface area contributed by atoms with Crippen LogP contribution in [-0.2, 0) is 17.1 Å². The summed E-state index contributed by atoms with van der Waals surface area (Å²) in [5.41, 5.74) is 1.85. The molecule has 0 unspecified atom stereocenters. The van der Waals surface area contributed by atoms with Gasteiger partial charge in [-0.3, -0.25) is 9.40 Å². The van der Waals surface area contributed by atoms with Gasteiger partial charge in [0.2, 0.25) is 0 Å². The highest BCUT2D eigenvalue weighted by molar-refractivity contribution is 7.92. The molecule has 2 N–H and O–H groups in total. The Bertz CT molecular complexity index is 813. The molecule has 2 rings (SSSR count). The fraction of sp³-hybridized carbons (Fsp3) is 0.214. The van der Waals surface area contributed by atoms with Gasteiger partial charge in [-0.15, -0.1) is 0 Å². The van der Waals surface area contributed by atoms with Crippen LogP contribution in [0, 0.1) is 18.8 Å². The van der Waals surface area contributed by atoms with E-state index in [0.717, 1.165) is 5.56 Å². The Kier molecular flexibility index (Phi) is 4.31. The normalized spacial score (nSPS) is 10.8. The number of aliphatic hydroxyl groups is 1. The second-order valence-electron chi connectivity index (χ2n) is 4.44. The van der Waals surface area contributed by atoms with Gasteiger partial charge < -0.3 is 5.11 Å². The van der Waals surface area contributed by atoms with E-state index in [1.54, 1.807) is 32.2 Å². The lowest BCUT2D eigenvalue weighted by Crippen LogP contribution is -2.13. The van der Waals surface area contributed by atoms with E-state index < -0.39 is 10.0 Å². The number of hydrogen-bond donors (Lipinski definition) is 2. The van der Waals surface area contributed by atoms with Gasteiger partial charge in [-0.1, -0.05) is 17.9 Å². The van der Waals surface area contributed by atoms with Crippen molar-refractivity contribution in [3.05, 3.63) is 41.7 Å². The van der Waals surface area contributed by atoms with Gasteiger partial charge in [-0.25, -0.2) is 8.42 Å². The smallest absolute Gasteiger partial charge is 0.265 e. The molecule has 0 amide bonds. The maximum absolute atomic E-state index is 12.3. The fourth-order valence-corrected chi connectivity index (χ4v) is 2.80. The number of nitrogens with zero attached hydrogens (tertiary/aromatic N) is 2. The van der Waals surface area contributed by atoms with Crippen LogP contribution in [0.5, 0.6) is 0 Å². The van der Waals surface area contributed by atoms with E-state index in [9.17, 15) is 8.42 Å². The molecule has 21 heavy (non-hydrogen) atoms. The highest BCUT2D eigenvalue weighted by Gasteiger charge is 2.17. The second-order valence-corrected chi connectivity index (χ2v) is 6.13. The number of hydrogen-bond acceptors (Lipinski definition) is 4. The van der Waals surface area contributed by atoms with Crippen molar-refractivity contribution in [2.45, 2.75) is 11.8 Å². The molecule has 0 fully saturated rings. The predicted molar refractivity (Wildman–Crippen MR) is 79.2 cm³/mol. The second kappa shape index (κ2) is 5.99. The van der Waals surface area contributed by atoms with Gasteiger partial charge in [0.25, 0.3) is 10.0 Å². The molecular weight excluding hydrogens is 290 g/mol. The number of sulfonamides is 1. The van der Waals surface area contributed by atoms with E-state index >= 15 is 0 Å². The van der Waals surface area contributed by atoms with Crippen molar-refractivity contribution < 1.29 is 13.5 Å². The zero-order chi connectivity index (χ0) is 15.5. The number of anilines is 1. The minimum Gasteiger partial charge on any atom is -0.384 e. The highest BCUT2D eigenvalue weighted by Crippen LogP contribution is 2.20. The molecule has 0 radical (unpaired) electrons. The van der Waals surface area contributed by atoms with E-state index in [0.29, 0.717) is 11.3 Å². The van der Waals surface area contributed by atoms with Crippen LogP contribution in [0.2, 0.25) is 0 Å². The third-order valence-electron chi connectivity index (χ3n) is 2.79. The maximum Gasteiger partial charge on any atom is 0.265 e. The number of benzene rings is 1. The Balaban J connectivity index is 2.34. The molecule has 7 heteroatoms. The third-order valence-corrected chi connectivity index (χ3v) is 4.11. The standard InChI is InChI=1S/C14H15N3O3S/c1-11-5-6-12(4-3-7-18)8-14(11)16-21(19,20)13-9-15-17(2)10-13/h5-6,8-10,16,18H,7H2,1-2H3. The van der Waals surface area contributed by atoms with Crippen LogP contribution in [0.15, 0.2) is 35.5 Å². The number of aliphatic hydroxyl groups excluding tert-OH is 1. The van der Waals surface area contributed by atoms with Crippen LogP contribution in [0.25, 0.3) is 0 Å². The molecular formula is C14H15N3O3S. The largest absolute Gasteiger partial charge is 0.384 e. The fourth-order valence-electron chi connectivity index (χ4n) is 1.69. The Morgan fingerprint density at radius 3 is 2.81 bits per heavy atom. The topological polar surface area (TPSA) is 84.2 Å². The molecule has 0 spiro atoms. The zero-order valence-electron chi connectivity index (χ0n) is 11.7. The zero-order valence-corrected chi connectivity index (χ0v) is 12.5. The molecule has 0 aliphatic rings. The molecule has 0 bridgehead atoms. The average molecular weight is 305 g/mol. The number of nitrogens with one attached hydrogen (secondary N) is 1. The summed E-state index contributed by atoms with van der Waals surface area (Å²) < 4.78 is 28.4. The Morgan fingerprint density at radius 2 is 2.19 bits per heavy atom. The molecule has 6 nitrogen and oxygen atoms in total. The van der Waals surface area contributed by atoms with Gasteiger partial charge >= 0.3 is 0 Å². The van der Waals surface area contributed by atoms with Crippen LogP contribution in [-0.4, -0.2) is 29.9 Å². The Morgan fingerprint density at radius 1 is 1.43 bits per heavy atom. The summed E-state index contributed by atoms with van der Waals surface area (Å²) in [6.45, 7) is 1.55. The van der Waals surface area contributed by atoms with Crippen LogP contribution in [0.1, 0.15) is 11.1 Å². The number of aryl methyl sites for hydroxylation is 2. The van der Waals surface area contributed by atoms with Gasteiger partial charge in [-0.05, 0) is 24.6 Å². The molecule has 0 saturated heterocycles. The van der Waals surface area contributed by atoms with Crippen LogP contribution in [0.3, 0.4) is 0 Å². The Labute approximate surface area is 123 Å². The Hall–Kier alpha value is -2.30. The summed E-state index contributed by atoms with van der Waals surface area (Å²) in [5, 5.41) is 12.5. The third kappa shape index (κ3) is 3.62. The lowest BCUT2D eigenvalue weighted by atomic mass is 10.1. The van der Waals surface area contributed by atoms with Gasteiger partial charge in [0.1, 0.15) is 11.5 Å². The quantitative estimate of drug-likeness (QED) is 0.824. The lowest BCUT2D eigenvalue weighted by Gasteiger charge is -2.09. The molecule has 2 aromatic rings. The first-order chi connectivity index (χ1) is 9.92. The van der Waals surface area contributed by atoms with Crippen molar-refractivity contribution in [2.75, 3.05) is 11.3 Å². The average Bonchev–Trinajstić information content (AvgIpc) is 2.87. The molecule has 1 aromatic carbocycles. The van der Waals surface area contributed by atoms with Crippen molar-refractivity contribution in [2.24, 2.45) is 7.05 Å². The summed E-state index contributed by atoms with van der Waals surface area (Å²) in [6, 6.07) is 5.16. The summed E-state index contributed by atoms with van der Waals surface area (Å²) in [5.74, 6) is 5.26. The first-order valence-corrected chi connectivity index (χ1v) is 7.62.